The van der Waals surface area contributed by atoms with Gasteiger partial charge in [0.25, 0.3) is 5.91 Å². The summed E-state index contributed by atoms with van der Waals surface area (Å²) in [6, 6.07) is 12.3. The summed E-state index contributed by atoms with van der Waals surface area (Å²) in [4.78, 5) is 16.3. The highest BCUT2D eigenvalue weighted by Gasteiger charge is 2.22. The van der Waals surface area contributed by atoms with Gasteiger partial charge in [-0.15, -0.1) is 0 Å². The van der Waals surface area contributed by atoms with Crippen molar-refractivity contribution >= 4 is 5.91 Å². The molecule has 0 spiro atoms. The third-order valence-corrected chi connectivity index (χ3v) is 4.26. The number of hydrazine groups is 1. The lowest BCUT2D eigenvalue weighted by atomic mass is 10.2. The van der Waals surface area contributed by atoms with Crippen LogP contribution in [0.2, 0.25) is 0 Å². The van der Waals surface area contributed by atoms with E-state index >= 15 is 0 Å². The van der Waals surface area contributed by atoms with Crippen LogP contribution in [0.25, 0.3) is 0 Å². The van der Waals surface area contributed by atoms with Crippen LogP contribution in [-0.2, 0) is 13.1 Å². The maximum absolute atomic E-state index is 12.5. The number of hydrogen-bond donors (Lipinski definition) is 2. The number of carbonyl (C=O) groups excluding carboxylic acids is 1. The molecule has 7 nitrogen and oxygen atoms in total. The molecule has 25 heavy (non-hydrogen) atoms. The second-order valence-electron chi connectivity index (χ2n) is 6.58. The van der Waals surface area contributed by atoms with Crippen molar-refractivity contribution in [2.45, 2.75) is 25.6 Å². The lowest BCUT2D eigenvalue weighted by Gasteiger charge is -2.19. The standard InChI is InChI=1S/C18H25N5O2/c1-22(11-14-6-4-3-5-7-14)13-16-10-17(21-25-16)18(24)23(2)12-15-8-9-19-20-15/h3-7,10,15,19-20H,8-9,11-13H2,1-2H3. The van der Waals surface area contributed by atoms with Crippen LogP contribution in [0.15, 0.2) is 40.9 Å². The molecule has 1 amide bonds. The Morgan fingerprint density at radius 1 is 1.28 bits per heavy atom. The van der Waals surface area contributed by atoms with Gasteiger partial charge in [0, 0.05) is 38.8 Å². The van der Waals surface area contributed by atoms with E-state index in [1.54, 1.807) is 18.0 Å². The molecule has 0 aliphatic carbocycles. The molecular weight excluding hydrogens is 318 g/mol. The molecule has 2 heterocycles. The van der Waals surface area contributed by atoms with E-state index in [2.05, 4.69) is 33.0 Å². The first-order chi connectivity index (χ1) is 12.1. The largest absolute Gasteiger partial charge is 0.359 e. The summed E-state index contributed by atoms with van der Waals surface area (Å²) in [5, 5.41) is 3.94. The molecule has 7 heteroatoms. The van der Waals surface area contributed by atoms with Crippen LogP contribution in [-0.4, -0.2) is 54.1 Å². The number of likely N-dealkylation sites (N-methyl/N-ethyl adjacent to an activating group) is 1. The molecule has 1 aromatic carbocycles. The summed E-state index contributed by atoms with van der Waals surface area (Å²) < 4.78 is 5.35. The molecule has 1 saturated heterocycles. The van der Waals surface area contributed by atoms with Gasteiger partial charge in [0.1, 0.15) is 0 Å². The summed E-state index contributed by atoms with van der Waals surface area (Å²) in [6.45, 7) is 2.98. The zero-order chi connectivity index (χ0) is 17.6. The number of nitrogens with zero attached hydrogens (tertiary/aromatic N) is 3. The molecule has 1 aliphatic heterocycles. The fourth-order valence-electron chi connectivity index (χ4n) is 2.99. The lowest BCUT2D eigenvalue weighted by Crippen LogP contribution is -2.41. The predicted octanol–water partition coefficient (Wildman–Crippen LogP) is 1.25. The molecule has 134 valence electrons. The molecule has 1 atom stereocenters. The number of benzene rings is 1. The van der Waals surface area contributed by atoms with Crippen molar-refractivity contribution in [1.29, 1.82) is 0 Å². The number of nitrogens with one attached hydrogen (secondary N) is 2. The predicted molar refractivity (Wildman–Crippen MR) is 94.6 cm³/mol. The average Bonchev–Trinajstić information content (AvgIpc) is 3.27. The highest BCUT2D eigenvalue weighted by Crippen LogP contribution is 2.11. The normalized spacial score (nSPS) is 17.2. The van der Waals surface area contributed by atoms with Crippen molar-refractivity contribution in [3.8, 4) is 0 Å². The molecule has 0 saturated carbocycles. The van der Waals surface area contributed by atoms with Crippen LogP contribution in [0.3, 0.4) is 0 Å². The van der Waals surface area contributed by atoms with E-state index in [1.165, 1.54) is 5.56 Å². The Morgan fingerprint density at radius 2 is 2.08 bits per heavy atom. The van der Waals surface area contributed by atoms with Crippen LogP contribution < -0.4 is 10.9 Å². The SMILES string of the molecule is CN(Cc1ccccc1)Cc1cc(C(=O)N(C)CC2CCNN2)no1. The van der Waals surface area contributed by atoms with Crippen molar-refractivity contribution in [2.75, 3.05) is 27.2 Å². The fourth-order valence-corrected chi connectivity index (χ4v) is 2.99. The highest BCUT2D eigenvalue weighted by molar-refractivity contribution is 5.92. The lowest BCUT2D eigenvalue weighted by molar-refractivity contribution is 0.0772. The molecule has 0 bridgehead atoms. The Bertz CT molecular complexity index is 682. The number of rotatable bonds is 7. The van der Waals surface area contributed by atoms with Crippen molar-refractivity contribution in [3.63, 3.8) is 0 Å². The smallest absolute Gasteiger partial charge is 0.275 e. The summed E-state index contributed by atoms with van der Waals surface area (Å²) >= 11 is 0. The van der Waals surface area contributed by atoms with Gasteiger partial charge >= 0.3 is 0 Å². The van der Waals surface area contributed by atoms with Gasteiger partial charge in [-0.25, -0.2) is 0 Å². The Labute approximate surface area is 147 Å². The van der Waals surface area contributed by atoms with Crippen LogP contribution >= 0.6 is 0 Å². The van der Waals surface area contributed by atoms with Gasteiger partial charge in [-0.2, -0.15) is 0 Å². The first kappa shape index (κ1) is 17.6. The zero-order valence-electron chi connectivity index (χ0n) is 14.7. The van der Waals surface area contributed by atoms with E-state index < -0.39 is 0 Å². The molecule has 1 unspecified atom stereocenters. The van der Waals surface area contributed by atoms with E-state index in [9.17, 15) is 4.79 Å². The van der Waals surface area contributed by atoms with Gasteiger partial charge < -0.3 is 9.42 Å². The van der Waals surface area contributed by atoms with Crippen LogP contribution in [0, 0.1) is 0 Å². The van der Waals surface area contributed by atoms with Crippen molar-refractivity contribution in [3.05, 3.63) is 53.4 Å². The number of hydrogen-bond acceptors (Lipinski definition) is 6. The van der Waals surface area contributed by atoms with Crippen LogP contribution in [0.1, 0.15) is 28.2 Å². The average molecular weight is 343 g/mol. The molecule has 2 aromatic rings. The summed E-state index contributed by atoms with van der Waals surface area (Å²) in [5.41, 5.74) is 7.82. The summed E-state index contributed by atoms with van der Waals surface area (Å²) in [5.74, 6) is 0.574. The number of aromatic nitrogens is 1. The maximum Gasteiger partial charge on any atom is 0.275 e. The topological polar surface area (TPSA) is 73.6 Å². The summed E-state index contributed by atoms with van der Waals surface area (Å²) in [6.07, 6.45) is 1.01. The van der Waals surface area contributed by atoms with E-state index in [0.29, 0.717) is 24.5 Å². The highest BCUT2D eigenvalue weighted by atomic mass is 16.5. The number of carbonyl (C=O) groups is 1. The van der Waals surface area contributed by atoms with E-state index in [1.807, 2.05) is 25.2 Å². The van der Waals surface area contributed by atoms with Crippen molar-refractivity contribution in [1.82, 2.24) is 25.8 Å². The Hall–Kier alpha value is -2.22. The Morgan fingerprint density at radius 3 is 2.80 bits per heavy atom. The minimum atomic E-state index is -0.116. The van der Waals surface area contributed by atoms with Gasteiger partial charge in [0.15, 0.2) is 11.5 Å². The monoisotopic (exact) mass is 343 g/mol. The molecule has 0 radical (unpaired) electrons. The van der Waals surface area contributed by atoms with Gasteiger partial charge in [-0.1, -0.05) is 35.5 Å². The van der Waals surface area contributed by atoms with Crippen molar-refractivity contribution in [2.24, 2.45) is 0 Å². The van der Waals surface area contributed by atoms with E-state index in [0.717, 1.165) is 19.5 Å². The van der Waals surface area contributed by atoms with Gasteiger partial charge in [-0.05, 0) is 19.0 Å². The van der Waals surface area contributed by atoms with Crippen LogP contribution in [0.5, 0.6) is 0 Å². The second kappa shape index (κ2) is 8.24. The third kappa shape index (κ3) is 4.88. The molecule has 1 aliphatic rings. The minimum Gasteiger partial charge on any atom is -0.359 e. The fraction of sp³-hybridized carbons (Fsp3) is 0.444. The first-order valence-corrected chi connectivity index (χ1v) is 8.54. The summed E-state index contributed by atoms with van der Waals surface area (Å²) in [7, 11) is 3.81. The molecular formula is C18H25N5O2. The molecule has 2 N–H and O–H groups in total. The Balaban J connectivity index is 1.53. The molecule has 3 rings (SSSR count). The van der Waals surface area contributed by atoms with Gasteiger partial charge in [0.05, 0.1) is 6.54 Å². The zero-order valence-corrected chi connectivity index (χ0v) is 14.7. The maximum atomic E-state index is 12.5. The molecule has 1 fully saturated rings. The quantitative estimate of drug-likeness (QED) is 0.788. The third-order valence-electron chi connectivity index (χ3n) is 4.26. The van der Waals surface area contributed by atoms with Gasteiger partial charge in [-0.3, -0.25) is 20.5 Å². The first-order valence-electron chi connectivity index (χ1n) is 8.54. The van der Waals surface area contributed by atoms with Gasteiger partial charge in [0.2, 0.25) is 0 Å². The molecule has 1 aromatic heterocycles. The Kier molecular flexibility index (Phi) is 5.80. The minimum absolute atomic E-state index is 0.116. The van der Waals surface area contributed by atoms with E-state index in [-0.39, 0.29) is 11.9 Å². The van der Waals surface area contributed by atoms with Crippen molar-refractivity contribution < 1.29 is 9.32 Å². The van der Waals surface area contributed by atoms with Crippen LogP contribution in [0.4, 0.5) is 0 Å². The van der Waals surface area contributed by atoms with E-state index in [4.69, 9.17) is 4.52 Å². The second-order valence-corrected chi connectivity index (χ2v) is 6.58. The number of amides is 1.